The molecule has 0 aromatic heterocycles. The Balaban J connectivity index is 1.46. The number of amides is 2. The Morgan fingerprint density at radius 1 is 1.06 bits per heavy atom. The molecule has 0 saturated carbocycles. The van der Waals surface area contributed by atoms with Crippen LogP contribution in [0, 0.1) is 5.82 Å². The van der Waals surface area contributed by atoms with Crippen molar-refractivity contribution < 1.29 is 14.0 Å². The summed E-state index contributed by atoms with van der Waals surface area (Å²) in [6.07, 6.45) is 1.44. The fraction of sp³-hybridized carbons (Fsp3) is 0.440. The lowest BCUT2D eigenvalue weighted by atomic mass is 10.0. The number of nitrogens with one attached hydrogen (secondary N) is 1. The average Bonchev–Trinajstić information content (AvgIpc) is 3.25. The summed E-state index contributed by atoms with van der Waals surface area (Å²) in [5.41, 5.74) is 3.08. The Morgan fingerprint density at radius 3 is 2.41 bits per heavy atom. The van der Waals surface area contributed by atoms with E-state index in [1.165, 1.54) is 12.1 Å². The molecule has 2 saturated heterocycles. The van der Waals surface area contributed by atoms with Gasteiger partial charge >= 0.3 is 0 Å². The van der Waals surface area contributed by atoms with Crippen molar-refractivity contribution in [2.45, 2.75) is 32.7 Å². The molecule has 2 fully saturated rings. The highest BCUT2D eigenvalue weighted by molar-refractivity contribution is 5.97. The molecule has 2 aliphatic heterocycles. The van der Waals surface area contributed by atoms with Crippen LogP contribution in [0.1, 0.15) is 48.7 Å². The molecular formula is C25H31FN4O2. The van der Waals surface area contributed by atoms with E-state index < -0.39 is 0 Å². The second kappa shape index (κ2) is 9.69. The van der Waals surface area contributed by atoms with Crippen molar-refractivity contribution in [3.8, 4) is 0 Å². The van der Waals surface area contributed by atoms with Gasteiger partial charge in [-0.25, -0.2) is 4.39 Å². The summed E-state index contributed by atoms with van der Waals surface area (Å²) < 4.78 is 14.1. The molecule has 0 aliphatic carbocycles. The van der Waals surface area contributed by atoms with Crippen LogP contribution in [0.5, 0.6) is 0 Å². The first-order valence-electron chi connectivity index (χ1n) is 11.4. The highest BCUT2D eigenvalue weighted by Crippen LogP contribution is 2.29. The highest BCUT2D eigenvalue weighted by Gasteiger charge is 2.23. The van der Waals surface area contributed by atoms with E-state index in [0.29, 0.717) is 12.0 Å². The zero-order valence-electron chi connectivity index (χ0n) is 18.8. The third-order valence-electron chi connectivity index (χ3n) is 6.48. The van der Waals surface area contributed by atoms with Gasteiger partial charge in [0.1, 0.15) is 5.82 Å². The summed E-state index contributed by atoms with van der Waals surface area (Å²) in [6, 6.07) is 11.6. The first-order chi connectivity index (χ1) is 15.5. The van der Waals surface area contributed by atoms with Crippen molar-refractivity contribution in [2.75, 3.05) is 49.1 Å². The van der Waals surface area contributed by atoms with E-state index in [1.807, 2.05) is 25.1 Å². The van der Waals surface area contributed by atoms with Gasteiger partial charge in [-0.1, -0.05) is 6.92 Å². The molecule has 2 amide bonds. The maximum absolute atomic E-state index is 14.1. The van der Waals surface area contributed by atoms with Crippen LogP contribution >= 0.6 is 0 Å². The van der Waals surface area contributed by atoms with Crippen LogP contribution in [-0.4, -0.2) is 56.0 Å². The van der Waals surface area contributed by atoms with Gasteiger partial charge in [0, 0.05) is 61.6 Å². The van der Waals surface area contributed by atoms with E-state index in [0.717, 1.165) is 62.6 Å². The van der Waals surface area contributed by atoms with Crippen molar-refractivity contribution >= 4 is 23.2 Å². The van der Waals surface area contributed by atoms with Crippen molar-refractivity contribution in [3.63, 3.8) is 0 Å². The number of likely N-dealkylation sites (N-methyl/N-ethyl adjacent to an activating group) is 1. The standard InChI is InChI=1S/C25H31FN4O2/c1-3-28-13-15-29(16-14-28)23-11-8-20(26)17-22(23)18(2)27-25(32)19-6-9-21(10-7-19)30-12-4-5-24(30)31/h6-11,17-18H,3-5,12-16H2,1-2H3,(H,27,32). The second-order valence-corrected chi connectivity index (χ2v) is 8.52. The fourth-order valence-corrected chi connectivity index (χ4v) is 4.54. The molecule has 1 atom stereocenters. The van der Waals surface area contributed by atoms with Crippen molar-refractivity contribution in [1.29, 1.82) is 0 Å². The van der Waals surface area contributed by atoms with E-state index >= 15 is 0 Å². The molecule has 1 N–H and O–H groups in total. The van der Waals surface area contributed by atoms with Gasteiger partial charge in [0.15, 0.2) is 0 Å². The van der Waals surface area contributed by atoms with Crippen LogP contribution < -0.4 is 15.1 Å². The normalized spacial score (nSPS) is 18.2. The molecule has 0 radical (unpaired) electrons. The summed E-state index contributed by atoms with van der Waals surface area (Å²) in [5.74, 6) is -0.409. The first-order valence-corrected chi connectivity index (χ1v) is 11.4. The van der Waals surface area contributed by atoms with Crippen LogP contribution in [0.25, 0.3) is 0 Å². The Morgan fingerprint density at radius 2 is 1.78 bits per heavy atom. The molecule has 0 spiro atoms. The lowest BCUT2D eigenvalue weighted by Crippen LogP contribution is -2.46. The predicted molar refractivity (Wildman–Crippen MR) is 125 cm³/mol. The fourth-order valence-electron chi connectivity index (χ4n) is 4.54. The lowest BCUT2D eigenvalue weighted by molar-refractivity contribution is -0.117. The van der Waals surface area contributed by atoms with Gasteiger partial charge in [-0.05, 0) is 62.4 Å². The topological polar surface area (TPSA) is 55.9 Å². The summed E-state index contributed by atoms with van der Waals surface area (Å²) in [4.78, 5) is 31.2. The number of nitrogens with zero attached hydrogens (tertiary/aromatic N) is 3. The van der Waals surface area contributed by atoms with Crippen LogP contribution in [0.4, 0.5) is 15.8 Å². The minimum atomic E-state index is -0.350. The highest BCUT2D eigenvalue weighted by atomic mass is 19.1. The van der Waals surface area contributed by atoms with E-state index in [4.69, 9.17) is 0 Å². The van der Waals surface area contributed by atoms with Crippen LogP contribution in [0.3, 0.4) is 0 Å². The SMILES string of the molecule is CCN1CCN(c2ccc(F)cc2C(C)NC(=O)c2ccc(N3CCCC3=O)cc2)CC1. The van der Waals surface area contributed by atoms with Crippen molar-refractivity contribution in [3.05, 3.63) is 59.4 Å². The molecule has 2 aliphatic rings. The third kappa shape index (κ3) is 4.78. The molecule has 2 heterocycles. The van der Waals surface area contributed by atoms with Gasteiger partial charge in [-0.3, -0.25) is 9.59 Å². The molecule has 1 unspecified atom stereocenters. The van der Waals surface area contributed by atoms with E-state index in [9.17, 15) is 14.0 Å². The minimum absolute atomic E-state index is 0.120. The number of hydrogen-bond donors (Lipinski definition) is 1. The Labute approximate surface area is 189 Å². The monoisotopic (exact) mass is 438 g/mol. The quantitative estimate of drug-likeness (QED) is 0.749. The van der Waals surface area contributed by atoms with Gasteiger partial charge in [-0.2, -0.15) is 0 Å². The molecule has 6 nitrogen and oxygen atoms in total. The number of carbonyl (C=O) groups is 2. The molecular weight excluding hydrogens is 407 g/mol. The Kier molecular flexibility index (Phi) is 6.74. The summed E-state index contributed by atoms with van der Waals surface area (Å²) in [7, 11) is 0. The minimum Gasteiger partial charge on any atom is -0.369 e. The number of carbonyl (C=O) groups excluding carboxylic acids is 2. The maximum atomic E-state index is 14.1. The lowest BCUT2D eigenvalue weighted by Gasteiger charge is -2.37. The van der Waals surface area contributed by atoms with Gasteiger partial charge in [0.05, 0.1) is 6.04 Å². The first kappa shape index (κ1) is 22.3. The number of halogens is 1. The number of rotatable bonds is 6. The second-order valence-electron chi connectivity index (χ2n) is 8.52. The van der Waals surface area contributed by atoms with Gasteiger partial charge in [0.2, 0.25) is 5.91 Å². The summed E-state index contributed by atoms with van der Waals surface area (Å²) in [5, 5.41) is 3.01. The van der Waals surface area contributed by atoms with Crippen LogP contribution in [-0.2, 0) is 4.79 Å². The van der Waals surface area contributed by atoms with Crippen LogP contribution in [0.15, 0.2) is 42.5 Å². The van der Waals surface area contributed by atoms with Crippen molar-refractivity contribution in [2.24, 2.45) is 0 Å². The number of piperazine rings is 1. The van der Waals surface area contributed by atoms with Gasteiger partial charge < -0.3 is 20.0 Å². The molecule has 2 aromatic rings. The largest absolute Gasteiger partial charge is 0.369 e. The smallest absolute Gasteiger partial charge is 0.251 e. The summed E-state index contributed by atoms with van der Waals surface area (Å²) in [6.45, 7) is 9.49. The van der Waals surface area contributed by atoms with Gasteiger partial charge in [-0.15, -0.1) is 0 Å². The Bertz CT molecular complexity index is 970. The molecule has 32 heavy (non-hydrogen) atoms. The predicted octanol–water partition coefficient (Wildman–Crippen LogP) is 3.59. The van der Waals surface area contributed by atoms with Gasteiger partial charge in [0.25, 0.3) is 5.91 Å². The number of hydrogen-bond acceptors (Lipinski definition) is 4. The molecule has 2 aromatic carbocycles. The maximum Gasteiger partial charge on any atom is 0.251 e. The molecule has 170 valence electrons. The number of benzene rings is 2. The summed E-state index contributed by atoms with van der Waals surface area (Å²) >= 11 is 0. The average molecular weight is 439 g/mol. The molecule has 7 heteroatoms. The van der Waals surface area contributed by atoms with E-state index in [2.05, 4.69) is 22.0 Å². The zero-order valence-corrected chi connectivity index (χ0v) is 18.8. The van der Waals surface area contributed by atoms with E-state index in [1.54, 1.807) is 17.0 Å². The number of anilines is 2. The van der Waals surface area contributed by atoms with Crippen molar-refractivity contribution in [1.82, 2.24) is 10.2 Å². The molecule has 4 rings (SSSR count). The zero-order chi connectivity index (χ0) is 22.7. The Hall–Kier alpha value is -2.93. The third-order valence-corrected chi connectivity index (χ3v) is 6.48. The molecule has 0 bridgehead atoms. The van der Waals surface area contributed by atoms with E-state index in [-0.39, 0.29) is 23.7 Å². The van der Waals surface area contributed by atoms with Crippen LogP contribution in [0.2, 0.25) is 0 Å².